The van der Waals surface area contributed by atoms with Gasteiger partial charge in [-0.05, 0) is 45.4 Å². The molecule has 0 spiro atoms. The van der Waals surface area contributed by atoms with E-state index in [0.29, 0.717) is 0 Å². The Bertz CT molecular complexity index is 562. The van der Waals surface area contributed by atoms with Crippen molar-refractivity contribution >= 4 is 10.9 Å². The molecule has 3 heteroatoms. The molecule has 0 amide bonds. The number of pyridine rings is 1. The molecule has 1 heterocycles. The van der Waals surface area contributed by atoms with Gasteiger partial charge >= 0.3 is 0 Å². The molecule has 2 N–H and O–H groups in total. The smallest absolute Gasteiger partial charge is 0.145 e. The third-order valence-corrected chi connectivity index (χ3v) is 2.82. The average Bonchev–Trinajstić information content (AvgIpc) is 2.28. The Kier molecular flexibility index (Phi) is 3.53. The van der Waals surface area contributed by atoms with E-state index >= 15 is 0 Å². The van der Waals surface area contributed by atoms with E-state index in [0.717, 1.165) is 27.9 Å². The minimum absolute atomic E-state index is 0.0106. The van der Waals surface area contributed by atoms with E-state index in [-0.39, 0.29) is 12.1 Å². The Morgan fingerprint density at radius 2 is 1.94 bits per heavy atom. The number of benzene rings is 1. The second-order valence-corrected chi connectivity index (χ2v) is 4.96. The van der Waals surface area contributed by atoms with Crippen molar-refractivity contribution in [3.8, 4) is 5.75 Å². The van der Waals surface area contributed by atoms with Crippen molar-refractivity contribution in [2.24, 2.45) is 5.73 Å². The molecule has 0 aliphatic heterocycles. The summed E-state index contributed by atoms with van der Waals surface area (Å²) in [5.74, 6) is 0.827. The number of ether oxygens (including phenoxy) is 1. The third kappa shape index (κ3) is 2.46. The Balaban J connectivity index is 2.69. The van der Waals surface area contributed by atoms with Gasteiger partial charge in [-0.15, -0.1) is 0 Å². The van der Waals surface area contributed by atoms with Gasteiger partial charge in [-0.25, -0.2) is 4.98 Å². The molecule has 0 aliphatic rings. The predicted octanol–water partition coefficient (Wildman–Crippen LogP) is 3.35. The van der Waals surface area contributed by atoms with Gasteiger partial charge < -0.3 is 10.5 Å². The zero-order chi connectivity index (χ0) is 13.3. The van der Waals surface area contributed by atoms with Crippen LogP contribution in [-0.4, -0.2) is 11.1 Å². The van der Waals surface area contributed by atoms with E-state index < -0.39 is 0 Å². The zero-order valence-electron chi connectivity index (χ0n) is 11.4. The fourth-order valence-electron chi connectivity index (χ4n) is 2.11. The number of nitrogens with zero attached hydrogens (tertiary/aromatic N) is 1. The molecule has 18 heavy (non-hydrogen) atoms. The lowest BCUT2D eigenvalue weighted by atomic mass is 10.0. The molecule has 0 saturated heterocycles. The standard InChI is InChI=1S/C15H20N2O/c1-9(2)18-14-7-5-6-12-13(11(4)16)8-10(3)17-15(12)14/h5-9,11H,16H2,1-4H3. The van der Waals surface area contributed by atoms with Crippen LogP contribution in [0.4, 0.5) is 0 Å². The fraction of sp³-hybridized carbons (Fsp3) is 0.400. The lowest BCUT2D eigenvalue weighted by Gasteiger charge is -2.15. The minimum atomic E-state index is -0.0106. The normalized spacial score (nSPS) is 13.0. The quantitative estimate of drug-likeness (QED) is 0.900. The molecule has 0 saturated carbocycles. The second kappa shape index (κ2) is 4.94. The van der Waals surface area contributed by atoms with Crippen LogP contribution in [0.1, 0.15) is 38.1 Å². The predicted molar refractivity (Wildman–Crippen MR) is 74.8 cm³/mol. The maximum atomic E-state index is 6.03. The first-order valence-electron chi connectivity index (χ1n) is 6.31. The highest BCUT2D eigenvalue weighted by Crippen LogP contribution is 2.30. The molecule has 1 aromatic heterocycles. The minimum Gasteiger partial charge on any atom is -0.489 e. The number of aromatic nitrogens is 1. The Morgan fingerprint density at radius 1 is 1.22 bits per heavy atom. The molecule has 1 unspecified atom stereocenters. The maximum absolute atomic E-state index is 6.03. The summed E-state index contributed by atoms with van der Waals surface area (Å²) in [5, 5.41) is 1.08. The summed E-state index contributed by atoms with van der Waals surface area (Å²) in [5.41, 5.74) is 9.02. The van der Waals surface area contributed by atoms with Crippen molar-refractivity contribution in [1.29, 1.82) is 0 Å². The Labute approximate surface area is 108 Å². The fourth-order valence-corrected chi connectivity index (χ4v) is 2.11. The molecule has 0 bridgehead atoms. The van der Waals surface area contributed by atoms with Crippen LogP contribution < -0.4 is 10.5 Å². The molecule has 0 aliphatic carbocycles. The van der Waals surface area contributed by atoms with Crippen molar-refractivity contribution in [2.75, 3.05) is 0 Å². The Hall–Kier alpha value is -1.61. The summed E-state index contributed by atoms with van der Waals surface area (Å²) in [7, 11) is 0. The average molecular weight is 244 g/mol. The molecule has 96 valence electrons. The number of nitrogens with two attached hydrogens (primary N) is 1. The molecule has 3 nitrogen and oxygen atoms in total. The highest BCUT2D eigenvalue weighted by molar-refractivity contribution is 5.88. The first-order chi connectivity index (χ1) is 8.49. The van der Waals surface area contributed by atoms with Crippen molar-refractivity contribution < 1.29 is 4.74 Å². The summed E-state index contributed by atoms with van der Waals surface area (Å²) in [4.78, 5) is 4.59. The monoisotopic (exact) mass is 244 g/mol. The molecular weight excluding hydrogens is 224 g/mol. The van der Waals surface area contributed by atoms with Crippen molar-refractivity contribution in [3.63, 3.8) is 0 Å². The van der Waals surface area contributed by atoms with Gasteiger partial charge in [0.05, 0.1) is 6.10 Å². The summed E-state index contributed by atoms with van der Waals surface area (Å²) >= 11 is 0. The molecule has 0 radical (unpaired) electrons. The van der Waals surface area contributed by atoms with Gasteiger partial charge in [0.2, 0.25) is 0 Å². The van der Waals surface area contributed by atoms with Crippen LogP contribution in [0.3, 0.4) is 0 Å². The van der Waals surface area contributed by atoms with Gasteiger partial charge in [-0.1, -0.05) is 12.1 Å². The van der Waals surface area contributed by atoms with Crippen LogP contribution in [0, 0.1) is 6.92 Å². The third-order valence-electron chi connectivity index (χ3n) is 2.82. The molecule has 2 aromatic rings. The number of fused-ring (bicyclic) bond motifs is 1. The van der Waals surface area contributed by atoms with E-state index in [9.17, 15) is 0 Å². The second-order valence-electron chi connectivity index (χ2n) is 4.96. The van der Waals surface area contributed by atoms with Gasteiger partial charge in [-0.2, -0.15) is 0 Å². The van der Waals surface area contributed by atoms with Gasteiger partial charge in [-0.3, -0.25) is 0 Å². The highest BCUT2D eigenvalue weighted by Gasteiger charge is 2.12. The highest BCUT2D eigenvalue weighted by atomic mass is 16.5. The number of para-hydroxylation sites is 1. The topological polar surface area (TPSA) is 48.1 Å². The van der Waals surface area contributed by atoms with E-state index in [1.54, 1.807) is 0 Å². The number of hydrogen-bond acceptors (Lipinski definition) is 3. The van der Waals surface area contributed by atoms with Crippen LogP contribution >= 0.6 is 0 Å². The van der Waals surface area contributed by atoms with Crippen LogP contribution in [0.2, 0.25) is 0 Å². The van der Waals surface area contributed by atoms with Gasteiger partial charge in [0, 0.05) is 17.1 Å². The molecular formula is C15H20N2O. The molecule has 1 aromatic carbocycles. The van der Waals surface area contributed by atoms with E-state index in [1.165, 1.54) is 0 Å². The van der Waals surface area contributed by atoms with Crippen molar-refractivity contribution in [3.05, 3.63) is 35.5 Å². The van der Waals surface area contributed by atoms with E-state index in [4.69, 9.17) is 10.5 Å². The van der Waals surface area contributed by atoms with E-state index in [2.05, 4.69) is 4.98 Å². The van der Waals surface area contributed by atoms with E-state index in [1.807, 2.05) is 52.0 Å². The van der Waals surface area contributed by atoms with Crippen molar-refractivity contribution in [2.45, 2.75) is 39.8 Å². The lowest BCUT2D eigenvalue weighted by molar-refractivity contribution is 0.245. The number of aryl methyl sites for hydroxylation is 1. The Morgan fingerprint density at radius 3 is 2.56 bits per heavy atom. The number of hydrogen-bond donors (Lipinski definition) is 1. The first kappa shape index (κ1) is 12.8. The van der Waals surface area contributed by atoms with Crippen LogP contribution in [0.25, 0.3) is 10.9 Å². The SMILES string of the molecule is Cc1cc(C(C)N)c2cccc(OC(C)C)c2n1. The lowest BCUT2D eigenvalue weighted by Crippen LogP contribution is -2.09. The summed E-state index contributed by atoms with van der Waals surface area (Å²) in [6.07, 6.45) is 0.136. The van der Waals surface area contributed by atoms with Crippen LogP contribution in [-0.2, 0) is 0 Å². The maximum Gasteiger partial charge on any atom is 0.145 e. The zero-order valence-corrected chi connectivity index (χ0v) is 11.4. The molecule has 2 rings (SSSR count). The van der Waals surface area contributed by atoms with Gasteiger partial charge in [0.1, 0.15) is 11.3 Å². The summed E-state index contributed by atoms with van der Waals surface area (Å²) in [6.45, 7) is 8.00. The summed E-state index contributed by atoms with van der Waals surface area (Å²) in [6, 6.07) is 8.03. The first-order valence-corrected chi connectivity index (χ1v) is 6.31. The number of rotatable bonds is 3. The van der Waals surface area contributed by atoms with Crippen LogP contribution in [0.15, 0.2) is 24.3 Å². The summed E-state index contributed by atoms with van der Waals surface area (Å²) < 4.78 is 5.81. The largest absolute Gasteiger partial charge is 0.489 e. The molecule has 0 fully saturated rings. The van der Waals surface area contributed by atoms with Crippen LogP contribution in [0.5, 0.6) is 5.75 Å². The molecule has 1 atom stereocenters. The van der Waals surface area contributed by atoms with Gasteiger partial charge in [0.15, 0.2) is 0 Å². The van der Waals surface area contributed by atoms with Crippen molar-refractivity contribution in [1.82, 2.24) is 4.98 Å². The van der Waals surface area contributed by atoms with Gasteiger partial charge in [0.25, 0.3) is 0 Å².